The van der Waals surface area contributed by atoms with E-state index in [0.717, 1.165) is 16.9 Å². The van der Waals surface area contributed by atoms with Gasteiger partial charge in [0.1, 0.15) is 5.75 Å². The molecule has 1 aromatic heterocycles. The average Bonchev–Trinajstić information content (AvgIpc) is 2.33. The van der Waals surface area contributed by atoms with Gasteiger partial charge in [0.2, 0.25) is 5.88 Å². The van der Waals surface area contributed by atoms with Gasteiger partial charge in [0.05, 0.1) is 0 Å². The minimum Gasteiger partial charge on any atom is -0.439 e. The van der Waals surface area contributed by atoms with Gasteiger partial charge in [-0.05, 0) is 43.2 Å². The van der Waals surface area contributed by atoms with Gasteiger partial charge in [0, 0.05) is 23.3 Å². The van der Waals surface area contributed by atoms with Crippen molar-refractivity contribution in [3.05, 3.63) is 52.7 Å². The molecule has 1 atom stereocenters. The van der Waals surface area contributed by atoms with Crippen molar-refractivity contribution < 1.29 is 4.74 Å². The Kier molecular flexibility index (Phi) is 3.84. The second kappa shape index (κ2) is 5.38. The van der Waals surface area contributed by atoms with Crippen LogP contribution >= 0.6 is 11.6 Å². The molecule has 94 valence electrons. The number of ether oxygens (including phenoxy) is 1. The van der Waals surface area contributed by atoms with Crippen LogP contribution in [0.1, 0.15) is 24.1 Å². The van der Waals surface area contributed by atoms with Crippen LogP contribution in [0.2, 0.25) is 5.02 Å². The van der Waals surface area contributed by atoms with Gasteiger partial charge >= 0.3 is 0 Å². The Morgan fingerprint density at radius 1 is 1.28 bits per heavy atom. The molecule has 1 heterocycles. The van der Waals surface area contributed by atoms with E-state index < -0.39 is 0 Å². The Labute approximate surface area is 112 Å². The minimum absolute atomic E-state index is 0.0242. The molecule has 4 heteroatoms. The zero-order valence-corrected chi connectivity index (χ0v) is 11.1. The molecule has 0 aliphatic rings. The summed E-state index contributed by atoms with van der Waals surface area (Å²) in [4.78, 5) is 4.22. The van der Waals surface area contributed by atoms with Crippen molar-refractivity contribution in [3.63, 3.8) is 0 Å². The highest BCUT2D eigenvalue weighted by molar-refractivity contribution is 6.30. The van der Waals surface area contributed by atoms with E-state index in [4.69, 9.17) is 22.1 Å². The fourth-order valence-corrected chi connectivity index (χ4v) is 1.79. The standard InChI is InChI=1S/C14H15ClN2O/c1-9-7-12(15)4-5-13(9)18-14-6-3-11(8-17-14)10(2)16/h3-8,10H,16H2,1-2H3/t10-/m0/s1. The molecule has 0 bridgehead atoms. The van der Waals surface area contributed by atoms with Crippen LogP contribution in [0.5, 0.6) is 11.6 Å². The van der Waals surface area contributed by atoms with Crippen LogP contribution < -0.4 is 10.5 Å². The maximum atomic E-state index is 5.89. The van der Waals surface area contributed by atoms with Crippen LogP contribution in [0.25, 0.3) is 0 Å². The zero-order valence-electron chi connectivity index (χ0n) is 10.4. The van der Waals surface area contributed by atoms with Crippen molar-refractivity contribution in [2.75, 3.05) is 0 Å². The van der Waals surface area contributed by atoms with Gasteiger partial charge in [-0.3, -0.25) is 0 Å². The fraction of sp³-hybridized carbons (Fsp3) is 0.214. The van der Waals surface area contributed by atoms with Gasteiger partial charge in [-0.2, -0.15) is 0 Å². The number of rotatable bonds is 3. The third-order valence-corrected chi connectivity index (χ3v) is 2.87. The van der Waals surface area contributed by atoms with Crippen molar-refractivity contribution in [2.24, 2.45) is 5.73 Å². The number of benzene rings is 1. The molecular weight excluding hydrogens is 248 g/mol. The molecule has 0 amide bonds. The van der Waals surface area contributed by atoms with E-state index in [9.17, 15) is 0 Å². The van der Waals surface area contributed by atoms with E-state index in [-0.39, 0.29) is 6.04 Å². The Morgan fingerprint density at radius 3 is 2.61 bits per heavy atom. The highest BCUT2D eigenvalue weighted by Crippen LogP contribution is 2.26. The first-order chi connectivity index (χ1) is 8.56. The Morgan fingerprint density at radius 2 is 2.06 bits per heavy atom. The number of nitrogens with zero attached hydrogens (tertiary/aromatic N) is 1. The van der Waals surface area contributed by atoms with Crippen molar-refractivity contribution >= 4 is 11.6 Å². The maximum absolute atomic E-state index is 5.89. The Balaban J connectivity index is 2.18. The molecule has 0 spiro atoms. The van der Waals surface area contributed by atoms with E-state index in [1.807, 2.05) is 38.1 Å². The number of aryl methyl sites for hydroxylation is 1. The molecule has 2 aromatic rings. The molecule has 3 nitrogen and oxygen atoms in total. The number of hydrogen-bond acceptors (Lipinski definition) is 3. The minimum atomic E-state index is -0.0242. The molecule has 0 radical (unpaired) electrons. The summed E-state index contributed by atoms with van der Waals surface area (Å²) in [5, 5.41) is 0.695. The highest BCUT2D eigenvalue weighted by Gasteiger charge is 2.04. The molecule has 18 heavy (non-hydrogen) atoms. The third kappa shape index (κ3) is 3.00. The first-order valence-electron chi connectivity index (χ1n) is 5.72. The summed E-state index contributed by atoms with van der Waals surface area (Å²) in [6.07, 6.45) is 1.73. The SMILES string of the molecule is Cc1cc(Cl)ccc1Oc1ccc([C@H](C)N)cn1. The van der Waals surface area contributed by atoms with Gasteiger partial charge in [-0.15, -0.1) is 0 Å². The van der Waals surface area contributed by atoms with Crippen LogP contribution in [-0.2, 0) is 0 Å². The normalized spacial score (nSPS) is 12.2. The lowest BCUT2D eigenvalue weighted by atomic mass is 10.2. The lowest BCUT2D eigenvalue weighted by Gasteiger charge is -2.09. The summed E-state index contributed by atoms with van der Waals surface area (Å²) < 4.78 is 5.69. The molecule has 0 aliphatic carbocycles. The van der Waals surface area contributed by atoms with E-state index >= 15 is 0 Å². The van der Waals surface area contributed by atoms with Crippen LogP contribution in [0.3, 0.4) is 0 Å². The average molecular weight is 263 g/mol. The quantitative estimate of drug-likeness (QED) is 0.914. The second-order valence-corrected chi connectivity index (χ2v) is 4.67. The molecule has 0 unspecified atom stereocenters. The first kappa shape index (κ1) is 12.9. The van der Waals surface area contributed by atoms with Crippen LogP contribution in [-0.4, -0.2) is 4.98 Å². The van der Waals surface area contributed by atoms with E-state index in [1.165, 1.54) is 0 Å². The van der Waals surface area contributed by atoms with Gasteiger partial charge in [-0.1, -0.05) is 17.7 Å². The van der Waals surface area contributed by atoms with Crippen molar-refractivity contribution in [1.29, 1.82) is 0 Å². The summed E-state index contributed by atoms with van der Waals surface area (Å²) in [6.45, 7) is 3.86. The Bertz CT molecular complexity index is 538. The molecule has 1 aromatic carbocycles. The van der Waals surface area contributed by atoms with E-state index in [2.05, 4.69) is 4.98 Å². The number of hydrogen-bond donors (Lipinski definition) is 1. The third-order valence-electron chi connectivity index (χ3n) is 2.64. The topological polar surface area (TPSA) is 48.1 Å². The van der Waals surface area contributed by atoms with Gasteiger partial charge < -0.3 is 10.5 Å². The largest absolute Gasteiger partial charge is 0.439 e. The van der Waals surface area contributed by atoms with Gasteiger partial charge in [-0.25, -0.2) is 4.98 Å². The van der Waals surface area contributed by atoms with Gasteiger partial charge in [0.25, 0.3) is 0 Å². The number of aromatic nitrogens is 1. The summed E-state index contributed by atoms with van der Waals surface area (Å²) in [6, 6.07) is 9.18. The van der Waals surface area contributed by atoms with Gasteiger partial charge in [0.15, 0.2) is 0 Å². The van der Waals surface area contributed by atoms with E-state index in [1.54, 1.807) is 12.3 Å². The monoisotopic (exact) mass is 262 g/mol. The number of nitrogens with two attached hydrogens (primary N) is 1. The zero-order chi connectivity index (χ0) is 13.1. The fourth-order valence-electron chi connectivity index (χ4n) is 1.56. The lowest BCUT2D eigenvalue weighted by molar-refractivity contribution is 0.459. The summed E-state index contributed by atoms with van der Waals surface area (Å²) in [5.74, 6) is 1.30. The van der Waals surface area contributed by atoms with Crippen molar-refractivity contribution in [3.8, 4) is 11.6 Å². The van der Waals surface area contributed by atoms with Crippen molar-refractivity contribution in [1.82, 2.24) is 4.98 Å². The first-order valence-corrected chi connectivity index (χ1v) is 6.09. The smallest absolute Gasteiger partial charge is 0.219 e. The molecule has 0 fully saturated rings. The van der Waals surface area contributed by atoms with Crippen LogP contribution in [0.15, 0.2) is 36.5 Å². The number of halogens is 1. The highest BCUT2D eigenvalue weighted by atomic mass is 35.5. The lowest BCUT2D eigenvalue weighted by Crippen LogP contribution is -2.05. The second-order valence-electron chi connectivity index (χ2n) is 4.23. The molecule has 0 saturated carbocycles. The molecule has 2 N–H and O–H groups in total. The summed E-state index contributed by atoms with van der Waals surface area (Å²) >= 11 is 5.89. The van der Waals surface area contributed by atoms with Crippen LogP contribution in [0, 0.1) is 6.92 Å². The molecular formula is C14H15ClN2O. The predicted octanol–water partition coefficient (Wildman–Crippen LogP) is 3.86. The molecule has 0 aliphatic heterocycles. The summed E-state index contributed by atoms with van der Waals surface area (Å²) in [7, 11) is 0. The molecule has 2 rings (SSSR count). The van der Waals surface area contributed by atoms with E-state index in [0.29, 0.717) is 10.9 Å². The predicted molar refractivity (Wildman–Crippen MR) is 73.1 cm³/mol. The van der Waals surface area contributed by atoms with Crippen LogP contribution in [0.4, 0.5) is 0 Å². The summed E-state index contributed by atoms with van der Waals surface area (Å²) in [5.41, 5.74) is 7.72. The maximum Gasteiger partial charge on any atom is 0.219 e. The Hall–Kier alpha value is -1.58. The van der Waals surface area contributed by atoms with Crippen molar-refractivity contribution in [2.45, 2.75) is 19.9 Å². The molecule has 0 saturated heterocycles. The number of pyridine rings is 1.